The minimum Gasteiger partial charge on any atom is -0.492 e. The topological polar surface area (TPSA) is 138 Å². The van der Waals surface area contributed by atoms with E-state index in [0.29, 0.717) is 12.8 Å². The molecule has 3 atom stereocenters. The van der Waals surface area contributed by atoms with Crippen LogP contribution in [0.25, 0.3) is 0 Å². The molecule has 51 heavy (non-hydrogen) atoms. The van der Waals surface area contributed by atoms with Crippen molar-refractivity contribution in [1.82, 2.24) is 0 Å². The van der Waals surface area contributed by atoms with Gasteiger partial charge < -0.3 is 25.2 Å². The van der Waals surface area contributed by atoms with Gasteiger partial charge in [0.25, 0.3) is 0 Å². The summed E-state index contributed by atoms with van der Waals surface area (Å²) in [5, 5.41) is 9.85. The molecular formula is C41H76NO8P. The lowest BCUT2D eigenvalue weighted by Crippen LogP contribution is -2.25. The van der Waals surface area contributed by atoms with E-state index in [4.69, 9.17) is 24.3 Å². The van der Waals surface area contributed by atoms with Crippen LogP contribution >= 0.6 is 7.82 Å². The van der Waals surface area contributed by atoms with E-state index in [1.54, 1.807) is 12.3 Å². The number of nitrogens with two attached hydrogens (primary N) is 1. The Hall–Kier alpha value is -1.74. The minimum absolute atomic E-state index is 0.0888. The molecule has 0 aliphatic rings. The molecule has 0 saturated heterocycles. The van der Waals surface area contributed by atoms with Gasteiger partial charge in [-0.1, -0.05) is 153 Å². The van der Waals surface area contributed by atoms with Gasteiger partial charge in [0.1, 0.15) is 6.61 Å². The number of carbonyl (C=O) groups is 1. The van der Waals surface area contributed by atoms with Gasteiger partial charge >= 0.3 is 13.8 Å². The van der Waals surface area contributed by atoms with Crippen molar-refractivity contribution in [2.24, 2.45) is 5.73 Å². The molecule has 4 N–H and O–H groups in total. The van der Waals surface area contributed by atoms with Crippen LogP contribution in [0, 0.1) is 0 Å². The predicted molar refractivity (Wildman–Crippen MR) is 211 cm³/mol. The molecule has 0 saturated carbocycles. The zero-order valence-corrected chi connectivity index (χ0v) is 33.3. The van der Waals surface area contributed by atoms with Gasteiger partial charge in [-0.2, -0.15) is 0 Å². The van der Waals surface area contributed by atoms with Gasteiger partial charge in [0.05, 0.1) is 25.6 Å². The molecule has 298 valence electrons. The molecule has 0 bridgehead atoms. The number of unbranched alkanes of at least 4 members (excludes halogenated alkanes) is 19. The third kappa shape index (κ3) is 37.8. The van der Waals surface area contributed by atoms with Crippen LogP contribution < -0.4 is 5.73 Å². The van der Waals surface area contributed by atoms with E-state index in [0.717, 1.165) is 57.8 Å². The van der Waals surface area contributed by atoms with E-state index in [1.807, 2.05) is 24.3 Å². The van der Waals surface area contributed by atoms with Crippen LogP contribution in [0.3, 0.4) is 0 Å². The summed E-state index contributed by atoms with van der Waals surface area (Å²) >= 11 is 0. The first kappa shape index (κ1) is 49.3. The second kappa shape index (κ2) is 38.0. The van der Waals surface area contributed by atoms with Crippen LogP contribution in [0.5, 0.6) is 0 Å². The van der Waals surface area contributed by atoms with E-state index < -0.39 is 20.0 Å². The van der Waals surface area contributed by atoms with E-state index >= 15 is 0 Å². The summed E-state index contributed by atoms with van der Waals surface area (Å²) in [6.07, 6.45) is 41.3. The Morgan fingerprint density at radius 3 is 1.86 bits per heavy atom. The Morgan fingerprint density at radius 1 is 0.706 bits per heavy atom. The third-order valence-electron chi connectivity index (χ3n) is 8.43. The summed E-state index contributed by atoms with van der Waals surface area (Å²) in [4.78, 5) is 22.2. The second-order valence-corrected chi connectivity index (χ2v) is 14.8. The predicted octanol–water partition coefficient (Wildman–Crippen LogP) is 11.0. The lowest BCUT2D eigenvalue weighted by atomic mass is 10.0. The minimum atomic E-state index is -4.28. The van der Waals surface area contributed by atoms with E-state index in [-0.39, 0.29) is 32.3 Å². The largest absolute Gasteiger partial charge is 0.492 e. The van der Waals surface area contributed by atoms with Gasteiger partial charge in [0, 0.05) is 13.0 Å². The standard InChI is InChI=1S/C41H76NO8P/c1-3-5-7-8-9-10-11-12-13-14-15-16-20-23-26-30-35-47-40(38-50-51(45,46)49-36-34-42)37-48-41(44)33-29-25-22-19-17-18-21-24-28-32-39(43)31-27-6-4-2/h6,21,24,27-28,30,32,35,39-40,43H,3-5,7-20,22-23,25-26,29,31,33-34,36-38,42H2,1-2H3,(H,45,46)/b24-21+,27-6+,32-28+,35-30+/t39?,40-/m1/s1. The number of phosphoric ester groups is 1. The van der Waals surface area contributed by atoms with Crippen molar-refractivity contribution in [3.8, 4) is 0 Å². The number of aliphatic hydroxyl groups is 1. The fourth-order valence-electron chi connectivity index (χ4n) is 5.37. The van der Waals surface area contributed by atoms with Gasteiger partial charge in [0.15, 0.2) is 6.10 Å². The van der Waals surface area contributed by atoms with Gasteiger partial charge in [0.2, 0.25) is 0 Å². The summed E-state index contributed by atoms with van der Waals surface area (Å²) in [6.45, 7) is 3.96. The molecule has 2 unspecified atom stereocenters. The maximum Gasteiger partial charge on any atom is 0.472 e. The summed E-state index contributed by atoms with van der Waals surface area (Å²) in [7, 11) is -4.28. The number of rotatable bonds is 38. The highest BCUT2D eigenvalue weighted by molar-refractivity contribution is 7.47. The lowest BCUT2D eigenvalue weighted by molar-refractivity contribution is -0.147. The molecule has 0 aromatic rings. The number of hydrogen-bond acceptors (Lipinski definition) is 8. The van der Waals surface area contributed by atoms with Crippen LogP contribution in [0.1, 0.15) is 168 Å². The van der Waals surface area contributed by atoms with Crippen molar-refractivity contribution in [3.05, 3.63) is 48.8 Å². The highest BCUT2D eigenvalue weighted by Crippen LogP contribution is 2.43. The Kier molecular flexibility index (Phi) is 36.7. The number of esters is 1. The van der Waals surface area contributed by atoms with Crippen molar-refractivity contribution in [3.63, 3.8) is 0 Å². The van der Waals surface area contributed by atoms with Crippen molar-refractivity contribution < 1.29 is 37.9 Å². The molecule has 0 aliphatic carbocycles. The first-order valence-corrected chi connectivity index (χ1v) is 21.8. The molecule has 0 aromatic carbocycles. The first-order valence-electron chi connectivity index (χ1n) is 20.3. The summed E-state index contributed by atoms with van der Waals surface area (Å²) < 4.78 is 33.1. The van der Waals surface area contributed by atoms with Crippen LogP contribution in [0.2, 0.25) is 0 Å². The van der Waals surface area contributed by atoms with Crippen molar-refractivity contribution in [2.45, 2.75) is 180 Å². The van der Waals surface area contributed by atoms with Crippen LogP contribution in [-0.4, -0.2) is 54.5 Å². The second-order valence-electron chi connectivity index (χ2n) is 13.4. The Labute approximate surface area is 312 Å². The molecule has 0 radical (unpaired) electrons. The highest BCUT2D eigenvalue weighted by Gasteiger charge is 2.24. The number of phosphoric acid groups is 1. The maximum absolute atomic E-state index is 12.4. The summed E-state index contributed by atoms with van der Waals surface area (Å²) in [5.41, 5.74) is 5.35. The smallest absolute Gasteiger partial charge is 0.472 e. The first-order chi connectivity index (χ1) is 24.8. The molecule has 0 heterocycles. The molecule has 0 aliphatic heterocycles. The fraction of sp³-hybridized carbons (Fsp3) is 0.780. The molecule has 10 heteroatoms. The van der Waals surface area contributed by atoms with Crippen LogP contribution in [0.4, 0.5) is 0 Å². The number of allylic oxidation sites excluding steroid dienone is 5. The molecular weight excluding hydrogens is 665 g/mol. The van der Waals surface area contributed by atoms with E-state index in [2.05, 4.69) is 26.0 Å². The quantitative estimate of drug-likeness (QED) is 0.0141. The zero-order chi connectivity index (χ0) is 37.5. The van der Waals surface area contributed by atoms with E-state index in [9.17, 15) is 19.4 Å². The monoisotopic (exact) mass is 742 g/mol. The van der Waals surface area contributed by atoms with Gasteiger partial charge in [-0.05, 0) is 51.0 Å². The van der Waals surface area contributed by atoms with Crippen LogP contribution in [0.15, 0.2) is 48.8 Å². The molecule has 0 spiro atoms. The summed E-state index contributed by atoms with van der Waals surface area (Å²) in [5.74, 6) is -0.330. The third-order valence-corrected chi connectivity index (χ3v) is 9.41. The van der Waals surface area contributed by atoms with Crippen molar-refractivity contribution in [1.29, 1.82) is 0 Å². The molecule has 0 amide bonds. The SMILES string of the molecule is CC/C=C/CC(O)/C=C/C=C/CCCCCCCC(=O)OC[C@H](COP(=O)(O)OCCN)O/C=C/CCCCCCCCCCCCCCCC. The number of hydrogen-bond donors (Lipinski definition) is 3. The van der Waals surface area contributed by atoms with Gasteiger partial charge in [-0.15, -0.1) is 0 Å². The molecule has 9 nitrogen and oxygen atoms in total. The highest BCUT2D eigenvalue weighted by atomic mass is 31.2. The molecule has 0 rings (SSSR count). The van der Waals surface area contributed by atoms with Gasteiger partial charge in [-0.25, -0.2) is 4.57 Å². The summed E-state index contributed by atoms with van der Waals surface area (Å²) in [6, 6.07) is 0. The number of aliphatic hydroxyl groups excluding tert-OH is 1. The van der Waals surface area contributed by atoms with Crippen molar-refractivity contribution >= 4 is 13.8 Å². The maximum atomic E-state index is 12.4. The van der Waals surface area contributed by atoms with Gasteiger partial charge in [-0.3, -0.25) is 13.8 Å². The van der Waals surface area contributed by atoms with Crippen LogP contribution in [-0.2, 0) is 27.9 Å². The number of ether oxygens (including phenoxy) is 2. The fourth-order valence-corrected chi connectivity index (χ4v) is 6.13. The zero-order valence-electron chi connectivity index (χ0n) is 32.4. The normalized spacial score (nSPS) is 14.6. The Balaban J connectivity index is 4.18. The van der Waals surface area contributed by atoms with Crippen molar-refractivity contribution in [2.75, 3.05) is 26.4 Å². The average molecular weight is 742 g/mol. The lowest BCUT2D eigenvalue weighted by Gasteiger charge is -2.19. The molecule has 0 aromatic heterocycles. The Morgan fingerprint density at radius 2 is 1.27 bits per heavy atom. The number of carbonyl (C=O) groups excluding carboxylic acids is 1. The Bertz CT molecular complexity index is 939. The van der Waals surface area contributed by atoms with E-state index in [1.165, 1.54) is 83.5 Å². The molecule has 0 fully saturated rings. The average Bonchev–Trinajstić information content (AvgIpc) is 3.11.